The maximum Gasteiger partial charge on any atom is 0.136 e. The van der Waals surface area contributed by atoms with Gasteiger partial charge in [0.2, 0.25) is 0 Å². The molecule has 0 fully saturated rings. The zero-order valence-electron chi connectivity index (χ0n) is 23.8. The second-order valence-corrected chi connectivity index (χ2v) is 11.4. The zero-order chi connectivity index (χ0) is 27.0. The van der Waals surface area contributed by atoms with Crippen LogP contribution in [0, 0.1) is 0 Å². The van der Waals surface area contributed by atoms with Crippen molar-refractivity contribution >= 4 is 44.7 Å². The van der Waals surface area contributed by atoms with Gasteiger partial charge in [0.05, 0.1) is 23.3 Å². The van der Waals surface area contributed by atoms with Crippen molar-refractivity contribution in [3.63, 3.8) is 0 Å². The standard InChI is InChI=1S/C34H48Cl2O2/c1-3-5-7-9-11-13-15-17-25-37-33-27-21-19-24-30(36)32(27)34(28-22-20-23-29(35)31(28)33)38-26-18-16-14-12-10-8-6-4-2/h19-24H,3-18,25-26H2,1-2H3. The van der Waals surface area contributed by atoms with Crippen LogP contribution in [0.25, 0.3) is 21.5 Å². The topological polar surface area (TPSA) is 18.5 Å². The fraction of sp³-hybridized carbons (Fsp3) is 0.588. The van der Waals surface area contributed by atoms with Crippen molar-refractivity contribution in [2.75, 3.05) is 13.2 Å². The third-order valence-corrected chi connectivity index (χ3v) is 8.09. The summed E-state index contributed by atoms with van der Waals surface area (Å²) in [4.78, 5) is 0. The molecule has 0 saturated heterocycles. The first-order chi connectivity index (χ1) is 18.7. The molecule has 3 aromatic rings. The molecule has 0 aliphatic rings. The molecule has 0 atom stereocenters. The largest absolute Gasteiger partial charge is 0.492 e. The summed E-state index contributed by atoms with van der Waals surface area (Å²) in [5.74, 6) is 1.65. The van der Waals surface area contributed by atoms with E-state index in [9.17, 15) is 0 Å². The van der Waals surface area contributed by atoms with Crippen LogP contribution in [-0.4, -0.2) is 13.2 Å². The van der Waals surface area contributed by atoms with Gasteiger partial charge in [-0.2, -0.15) is 0 Å². The fourth-order valence-electron chi connectivity index (χ4n) is 5.28. The lowest BCUT2D eigenvalue weighted by molar-refractivity contribution is 0.306. The van der Waals surface area contributed by atoms with Gasteiger partial charge >= 0.3 is 0 Å². The predicted molar refractivity (Wildman–Crippen MR) is 168 cm³/mol. The summed E-state index contributed by atoms with van der Waals surface area (Å²) in [6.07, 6.45) is 20.3. The summed E-state index contributed by atoms with van der Waals surface area (Å²) in [6, 6.07) is 12.0. The van der Waals surface area contributed by atoms with Gasteiger partial charge in [0, 0.05) is 21.5 Å². The molecule has 210 valence electrons. The summed E-state index contributed by atoms with van der Waals surface area (Å²) in [5.41, 5.74) is 0. The Balaban J connectivity index is 1.69. The summed E-state index contributed by atoms with van der Waals surface area (Å²) < 4.78 is 12.9. The second kappa shape index (κ2) is 17.9. The van der Waals surface area contributed by atoms with Gasteiger partial charge in [0.25, 0.3) is 0 Å². The number of rotatable bonds is 20. The second-order valence-electron chi connectivity index (χ2n) is 10.6. The molecule has 0 aromatic heterocycles. The molecule has 2 nitrogen and oxygen atoms in total. The highest BCUT2D eigenvalue weighted by Gasteiger charge is 2.20. The smallest absolute Gasteiger partial charge is 0.136 e. The van der Waals surface area contributed by atoms with E-state index in [1.165, 1.54) is 89.9 Å². The first-order valence-electron chi connectivity index (χ1n) is 15.3. The number of benzene rings is 3. The fourth-order valence-corrected chi connectivity index (χ4v) is 5.80. The van der Waals surface area contributed by atoms with E-state index in [4.69, 9.17) is 32.7 Å². The Bertz CT molecular complexity index is 1010. The van der Waals surface area contributed by atoms with Crippen molar-refractivity contribution in [2.24, 2.45) is 0 Å². The Morgan fingerprint density at radius 3 is 1.18 bits per heavy atom. The van der Waals surface area contributed by atoms with Crippen LogP contribution in [0.15, 0.2) is 36.4 Å². The van der Waals surface area contributed by atoms with Crippen LogP contribution in [-0.2, 0) is 0 Å². The van der Waals surface area contributed by atoms with Gasteiger partial charge < -0.3 is 9.47 Å². The minimum atomic E-state index is 0.676. The number of ether oxygens (including phenoxy) is 2. The minimum absolute atomic E-state index is 0.676. The Morgan fingerprint density at radius 2 is 0.816 bits per heavy atom. The molecule has 0 saturated carbocycles. The molecule has 0 heterocycles. The number of hydrogen-bond donors (Lipinski definition) is 0. The van der Waals surface area contributed by atoms with Crippen LogP contribution >= 0.6 is 23.2 Å². The van der Waals surface area contributed by atoms with Crippen molar-refractivity contribution in [1.29, 1.82) is 0 Å². The molecule has 3 aromatic carbocycles. The predicted octanol–water partition coefficient (Wildman–Crippen LogP) is 12.3. The van der Waals surface area contributed by atoms with Crippen molar-refractivity contribution in [2.45, 2.75) is 117 Å². The summed E-state index contributed by atoms with van der Waals surface area (Å²) in [6.45, 7) is 5.88. The first kappa shape index (κ1) is 30.9. The van der Waals surface area contributed by atoms with Crippen molar-refractivity contribution in [3.8, 4) is 11.5 Å². The summed E-state index contributed by atoms with van der Waals surface area (Å²) in [5, 5.41) is 5.18. The molecule has 4 heteroatoms. The van der Waals surface area contributed by atoms with E-state index in [1.807, 2.05) is 24.3 Å². The minimum Gasteiger partial charge on any atom is -0.492 e. The number of fused-ring (bicyclic) bond motifs is 2. The highest BCUT2D eigenvalue weighted by atomic mass is 35.5. The lowest BCUT2D eigenvalue weighted by atomic mass is 10.00. The molecular formula is C34H48Cl2O2. The van der Waals surface area contributed by atoms with E-state index < -0.39 is 0 Å². The molecule has 38 heavy (non-hydrogen) atoms. The van der Waals surface area contributed by atoms with Crippen LogP contribution in [0.4, 0.5) is 0 Å². The van der Waals surface area contributed by atoms with E-state index in [0.717, 1.165) is 45.9 Å². The molecule has 0 amide bonds. The SMILES string of the molecule is CCCCCCCCCCOc1c2cccc(Cl)c2c(OCCCCCCCCCC)c2cccc(Cl)c12. The molecule has 0 bridgehead atoms. The van der Waals surface area contributed by atoms with E-state index in [2.05, 4.69) is 26.0 Å². The van der Waals surface area contributed by atoms with Crippen LogP contribution in [0.5, 0.6) is 11.5 Å². The van der Waals surface area contributed by atoms with Gasteiger partial charge in [-0.25, -0.2) is 0 Å². The van der Waals surface area contributed by atoms with Gasteiger partial charge in [0.15, 0.2) is 0 Å². The Kier molecular flexibility index (Phi) is 14.5. The van der Waals surface area contributed by atoms with Gasteiger partial charge in [-0.3, -0.25) is 0 Å². The number of halogens is 2. The molecule has 0 radical (unpaired) electrons. The quantitative estimate of drug-likeness (QED) is 0.101. The lowest BCUT2D eigenvalue weighted by Gasteiger charge is -2.19. The van der Waals surface area contributed by atoms with Crippen LogP contribution in [0.3, 0.4) is 0 Å². The third-order valence-electron chi connectivity index (χ3n) is 7.46. The van der Waals surface area contributed by atoms with Crippen molar-refractivity contribution in [1.82, 2.24) is 0 Å². The van der Waals surface area contributed by atoms with E-state index in [0.29, 0.717) is 23.3 Å². The molecule has 0 aliphatic heterocycles. The Labute approximate surface area is 241 Å². The normalized spacial score (nSPS) is 11.5. The maximum absolute atomic E-state index is 6.78. The summed E-state index contributed by atoms with van der Waals surface area (Å²) >= 11 is 13.6. The van der Waals surface area contributed by atoms with E-state index in [-0.39, 0.29) is 0 Å². The molecular weight excluding hydrogens is 511 g/mol. The Hall–Kier alpha value is -1.64. The van der Waals surface area contributed by atoms with Gasteiger partial charge in [0.1, 0.15) is 11.5 Å². The van der Waals surface area contributed by atoms with Crippen LogP contribution < -0.4 is 9.47 Å². The Morgan fingerprint density at radius 1 is 0.474 bits per heavy atom. The number of unbranched alkanes of at least 4 members (excludes halogenated alkanes) is 14. The van der Waals surface area contributed by atoms with Gasteiger partial charge in [-0.05, 0) is 25.0 Å². The molecule has 3 rings (SSSR count). The average Bonchev–Trinajstić information content (AvgIpc) is 2.92. The zero-order valence-corrected chi connectivity index (χ0v) is 25.3. The average molecular weight is 560 g/mol. The molecule has 0 spiro atoms. The highest BCUT2D eigenvalue weighted by molar-refractivity contribution is 6.40. The first-order valence-corrected chi connectivity index (χ1v) is 16.0. The lowest BCUT2D eigenvalue weighted by Crippen LogP contribution is -2.03. The molecule has 0 unspecified atom stereocenters. The van der Waals surface area contributed by atoms with Gasteiger partial charge in [-0.15, -0.1) is 0 Å². The van der Waals surface area contributed by atoms with E-state index in [1.54, 1.807) is 0 Å². The maximum atomic E-state index is 6.78. The third kappa shape index (κ3) is 9.23. The van der Waals surface area contributed by atoms with Gasteiger partial charge in [-0.1, -0.05) is 151 Å². The number of hydrogen-bond acceptors (Lipinski definition) is 2. The van der Waals surface area contributed by atoms with Crippen molar-refractivity contribution in [3.05, 3.63) is 46.4 Å². The molecule has 0 aliphatic carbocycles. The van der Waals surface area contributed by atoms with Crippen LogP contribution in [0.1, 0.15) is 117 Å². The monoisotopic (exact) mass is 558 g/mol. The van der Waals surface area contributed by atoms with Crippen LogP contribution in [0.2, 0.25) is 10.0 Å². The van der Waals surface area contributed by atoms with E-state index >= 15 is 0 Å². The highest BCUT2D eigenvalue weighted by Crippen LogP contribution is 2.47. The molecule has 0 N–H and O–H groups in total. The van der Waals surface area contributed by atoms with Crippen molar-refractivity contribution < 1.29 is 9.47 Å². The summed E-state index contributed by atoms with van der Waals surface area (Å²) in [7, 11) is 0.